The summed E-state index contributed by atoms with van der Waals surface area (Å²) in [5.74, 6) is -1.36. The van der Waals surface area contributed by atoms with Gasteiger partial charge >= 0.3 is 23.1 Å². The molecule has 82 valence electrons. The summed E-state index contributed by atoms with van der Waals surface area (Å²) in [7, 11) is 0. The smallest absolute Gasteiger partial charge is 0.870 e. The van der Waals surface area contributed by atoms with Crippen LogP contribution in [0.1, 0.15) is 0 Å². The van der Waals surface area contributed by atoms with Crippen LogP contribution < -0.4 is 14.9 Å². The molecule has 0 fully saturated rings. The Kier molecular flexibility index (Phi) is 4.48. The fourth-order valence-electron chi connectivity index (χ4n) is 1.24. The quantitative estimate of drug-likeness (QED) is 0.793. The molecular weight excluding hydrogens is 232 g/mol. The van der Waals surface area contributed by atoms with Crippen molar-refractivity contribution in [3.05, 3.63) is 42.5 Å². The van der Waals surface area contributed by atoms with E-state index in [1.54, 1.807) is 12.1 Å². The van der Waals surface area contributed by atoms with Crippen molar-refractivity contribution in [2.45, 2.75) is 0 Å². The molecule has 0 bridgehead atoms. The van der Waals surface area contributed by atoms with E-state index in [0.29, 0.717) is 0 Å². The van der Waals surface area contributed by atoms with E-state index in [0.717, 1.165) is 0 Å². The van der Waals surface area contributed by atoms with Crippen LogP contribution in [0.4, 0.5) is 0 Å². The van der Waals surface area contributed by atoms with E-state index in [1.165, 1.54) is 30.3 Å². The first-order chi connectivity index (χ1) is 7.68. The molecule has 0 aliphatic heterocycles. The molecule has 0 spiro atoms. The summed E-state index contributed by atoms with van der Waals surface area (Å²) in [6.45, 7) is 0. The summed E-state index contributed by atoms with van der Waals surface area (Å²) in [5.41, 5.74) is 0. The third-order valence-corrected chi connectivity index (χ3v) is 2.03. The molecule has 0 saturated heterocycles. The van der Waals surface area contributed by atoms with E-state index in [1.807, 2.05) is 0 Å². The Morgan fingerprint density at radius 3 is 2.24 bits per heavy atom. The van der Waals surface area contributed by atoms with Crippen molar-refractivity contribution in [3.8, 4) is 28.7 Å². The van der Waals surface area contributed by atoms with Crippen molar-refractivity contribution in [2.24, 2.45) is 0 Å². The normalized spacial score (nSPS) is 9.41. The van der Waals surface area contributed by atoms with Gasteiger partial charge in [-0.25, -0.2) is 0 Å². The molecule has 1 N–H and O–H groups in total. The zero-order chi connectivity index (χ0) is 11.5. The largest absolute Gasteiger partial charge is 2.00 e. The SMILES string of the molecule is [Mg+2].[O-]c1ccccc1Oc1cccc(O)c1[O-]. The maximum absolute atomic E-state index is 11.4. The van der Waals surface area contributed by atoms with Crippen molar-refractivity contribution in [1.29, 1.82) is 0 Å². The summed E-state index contributed by atoms with van der Waals surface area (Å²) in [5, 5.41) is 31.9. The molecule has 0 heterocycles. The molecule has 0 saturated carbocycles. The third-order valence-electron chi connectivity index (χ3n) is 2.03. The fraction of sp³-hybridized carbons (Fsp3) is 0. The molecule has 5 heteroatoms. The molecular formula is C12H8MgO4. The first kappa shape index (κ1) is 13.5. The van der Waals surface area contributed by atoms with Gasteiger partial charge in [0.1, 0.15) is 17.2 Å². The molecule has 0 atom stereocenters. The molecule has 0 unspecified atom stereocenters. The Labute approximate surface area is 114 Å². The number of hydrogen-bond donors (Lipinski definition) is 1. The van der Waals surface area contributed by atoms with Crippen LogP contribution in [-0.4, -0.2) is 28.2 Å². The van der Waals surface area contributed by atoms with Crippen LogP contribution in [0.5, 0.6) is 28.7 Å². The average molecular weight is 240 g/mol. The van der Waals surface area contributed by atoms with Gasteiger partial charge in [0.25, 0.3) is 0 Å². The van der Waals surface area contributed by atoms with Gasteiger partial charge in [0.15, 0.2) is 0 Å². The number of para-hydroxylation sites is 3. The van der Waals surface area contributed by atoms with E-state index in [9.17, 15) is 15.3 Å². The van der Waals surface area contributed by atoms with Crippen molar-refractivity contribution < 1.29 is 20.1 Å². The van der Waals surface area contributed by atoms with Gasteiger partial charge in [0.2, 0.25) is 0 Å². The molecule has 4 nitrogen and oxygen atoms in total. The van der Waals surface area contributed by atoms with Gasteiger partial charge < -0.3 is 20.1 Å². The van der Waals surface area contributed by atoms with Crippen LogP contribution >= 0.6 is 0 Å². The topological polar surface area (TPSA) is 75.6 Å². The predicted octanol–water partition coefficient (Wildman–Crippen LogP) is 0.951. The second-order valence-corrected chi connectivity index (χ2v) is 3.15. The predicted molar refractivity (Wildman–Crippen MR) is 59.3 cm³/mol. The molecule has 0 radical (unpaired) electrons. The first-order valence-corrected chi connectivity index (χ1v) is 4.61. The third kappa shape index (κ3) is 2.95. The van der Waals surface area contributed by atoms with Crippen molar-refractivity contribution in [2.75, 3.05) is 0 Å². The van der Waals surface area contributed by atoms with E-state index in [2.05, 4.69) is 0 Å². The van der Waals surface area contributed by atoms with E-state index >= 15 is 0 Å². The summed E-state index contributed by atoms with van der Waals surface area (Å²) in [6.07, 6.45) is 0. The van der Waals surface area contributed by atoms with E-state index in [4.69, 9.17) is 4.74 Å². The molecule has 2 aromatic rings. The summed E-state index contributed by atoms with van der Waals surface area (Å²) in [6, 6.07) is 10.1. The van der Waals surface area contributed by atoms with Gasteiger partial charge in [-0.1, -0.05) is 30.0 Å². The minimum Gasteiger partial charge on any atom is -0.870 e. The van der Waals surface area contributed by atoms with E-state index in [-0.39, 0.29) is 40.3 Å². The molecule has 2 rings (SSSR count). The maximum Gasteiger partial charge on any atom is 2.00 e. The standard InChI is InChI=1S/C12H10O4.Mg/c13-8-4-1-2-6-10(8)16-11-7-3-5-9(14)12(11)15;/h1-7,13-15H;/q;+2/p-2. The maximum atomic E-state index is 11.4. The number of rotatable bonds is 2. The van der Waals surface area contributed by atoms with Gasteiger partial charge in [-0.3, -0.25) is 0 Å². The van der Waals surface area contributed by atoms with Crippen LogP contribution in [0.15, 0.2) is 42.5 Å². The molecule has 0 aliphatic carbocycles. The van der Waals surface area contributed by atoms with Gasteiger partial charge in [0.05, 0.1) is 0 Å². The first-order valence-electron chi connectivity index (χ1n) is 4.61. The minimum atomic E-state index is -0.634. The Balaban J connectivity index is 0.00000144. The number of phenolic OH excluding ortho intramolecular Hbond substituents is 1. The van der Waals surface area contributed by atoms with Gasteiger partial charge in [-0.2, -0.15) is 0 Å². The second-order valence-electron chi connectivity index (χ2n) is 3.15. The van der Waals surface area contributed by atoms with Crippen molar-refractivity contribution in [1.82, 2.24) is 0 Å². The Morgan fingerprint density at radius 1 is 0.882 bits per heavy atom. The monoisotopic (exact) mass is 240 g/mol. The van der Waals surface area contributed by atoms with Gasteiger partial charge in [-0.05, 0) is 23.9 Å². The minimum absolute atomic E-state index is 0. The Hall–Kier alpha value is -1.59. The summed E-state index contributed by atoms with van der Waals surface area (Å²) < 4.78 is 5.14. The zero-order valence-corrected chi connectivity index (χ0v) is 10.3. The molecule has 0 aromatic heterocycles. The van der Waals surface area contributed by atoms with Crippen molar-refractivity contribution >= 4 is 23.1 Å². The Bertz CT molecular complexity index is 514. The number of benzene rings is 2. The zero-order valence-electron chi connectivity index (χ0n) is 8.92. The van der Waals surface area contributed by atoms with Gasteiger partial charge in [0, 0.05) is 0 Å². The second kappa shape index (κ2) is 5.65. The molecule has 2 aromatic carbocycles. The van der Waals surface area contributed by atoms with Crippen molar-refractivity contribution in [3.63, 3.8) is 0 Å². The molecule has 17 heavy (non-hydrogen) atoms. The molecule has 0 amide bonds. The van der Waals surface area contributed by atoms with Crippen LogP contribution in [0, 0.1) is 0 Å². The van der Waals surface area contributed by atoms with E-state index < -0.39 is 11.5 Å². The van der Waals surface area contributed by atoms with Crippen LogP contribution in [0.3, 0.4) is 0 Å². The summed E-state index contributed by atoms with van der Waals surface area (Å²) in [4.78, 5) is 0. The number of phenols is 1. The van der Waals surface area contributed by atoms with Crippen LogP contribution in [0.25, 0.3) is 0 Å². The Morgan fingerprint density at radius 2 is 1.53 bits per heavy atom. The van der Waals surface area contributed by atoms with Crippen LogP contribution in [0.2, 0.25) is 0 Å². The average Bonchev–Trinajstić information content (AvgIpc) is 2.28. The summed E-state index contributed by atoms with van der Waals surface area (Å²) >= 11 is 0. The number of hydrogen-bond acceptors (Lipinski definition) is 4. The number of ether oxygens (including phenoxy) is 1. The molecule has 0 aliphatic rings. The van der Waals surface area contributed by atoms with Gasteiger partial charge in [-0.15, -0.1) is 0 Å². The number of aromatic hydroxyl groups is 1. The van der Waals surface area contributed by atoms with Crippen LogP contribution in [-0.2, 0) is 0 Å². The fourth-order valence-corrected chi connectivity index (χ4v) is 1.24.